The van der Waals surface area contributed by atoms with Gasteiger partial charge in [0.1, 0.15) is 16.9 Å². The van der Waals surface area contributed by atoms with Crippen molar-refractivity contribution in [1.29, 1.82) is 0 Å². The Morgan fingerprint density at radius 3 is 3.08 bits per heavy atom. The van der Waals surface area contributed by atoms with Gasteiger partial charge in [-0.3, -0.25) is 4.79 Å². The first-order valence-electron chi connectivity index (χ1n) is 7.61. The molecule has 1 saturated carbocycles. The second kappa shape index (κ2) is 5.17. The molecule has 0 aliphatic heterocycles. The first-order chi connectivity index (χ1) is 11.8. The molecule has 1 aliphatic carbocycles. The summed E-state index contributed by atoms with van der Waals surface area (Å²) >= 11 is 1.46. The summed E-state index contributed by atoms with van der Waals surface area (Å²) in [7, 11) is 0. The van der Waals surface area contributed by atoms with Gasteiger partial charge in [0.25, 0.3) is 5.56 Å². The van der Waals surface area contributed by atoms with E-state index in [-0.39, 0.29) is 11.1 Å². The average molecular weight is 340 g/mol. The molecule has 1 N–H and O–H groups in total. The molecule has 1 fully saturated rings. The number of benzene rings is 1. The molecule has 1 aromatic carbocycles. The lowest BCUT2D eigenvalue weighted by molar-refractivity contribution is 0.565. The molecule has 5 rings (SSSR count). The minimum atomic E-state index is -0.270. The smallest absolute Gasteiger partial charge is 0.294 e. The van der Waals surface area contributed by atoms with Crippen LogP contribution >= 0.6 is 11.8 Å². The number of rotatable bonds is 4. The van der Waals surface area contributed by atoms with Crippen LogP contribution in [0.1, 0.15) is 24.7 Å². The van der Waals surface area contributed by atoms with Gasteiger partial charge in [-0.25, -0.2) is 9.67 Å². The molecule has 4 aromatic rings. The molecule has 120 valence electrons. The average Bonchev–Trinajstić information content (AvgIpc) is 3.21. The van der Waals surface area contributed by atoms with Gasteiger partial charge in [0, 0.05) is 5.39 Å². The number of H-pyrrole nitrogens is 1. The molecule has 8 nitrogen and oxygen atoms in total. The molecular weight excluding hydrogens is 328 g/mol. The number of hydrogen-bond donors (Lipinski definition) is 1. The number of fused-ring (bicyclic) bond motifs is 3. The highest BCUT2D eigenvalue weighted by Crippen LogP contribution is 2.36. The minimum Gasteiger partial charge on any atom is -0.449 e. The third-order valence-electron chi connectivity index (χ3n) is 3.97. The molecule has 0 radical (unpaired) electrons. The van der Waals surface area contributed by atoms with Crippen LogP contribution in [0.4, 0.5) is 0 Å². The van der Waals surface area contributed by atoms with E-state index in [0.29, 0.717) is 28.7 Å². The van der Waals surface area contributed by atoms with Crippen molar-refractivity contribution in [2.24, 2.45) is 0 Å². The van der Waals surface area contributed by atoms with E-state index in [1.54, 1.807) is 0 Å². The predicted molar refractivity (Wildman–Crippen MR) is 87.8 cm³/mol. The summed E-state index contributed by atoms with van der Waals surface area (Å²) in [5.74, 6) is 1.06. The zero-order chi connectivity index (χ0) is 16.1. The third kappa shape index (κ3) is 2.20. The maximum atomic E-state index is 12.3. The highest BCUT2D eigenvalue weighted by atomic mass is 32.2. The molecule has 9 heteroatoms. The van der Waals surface area contributed by atoms with Gasteiger partial charge >= 0.3 is 0 Å². The van der Waals surface area contributed by atoms with Gasteiger partial charge in [-0.2, -0.15) is 0 Å². The van der Waals surface area contributed by atoms with Gasteiger partial charge in [0.2, 0.25) is 10.7 Å². The number of nitrogens with one attached hydrogen (secondary N) is 1. The van der Waals surface area contributed by atoms with E-state index in [1.807, 2.05) is 28.9 Å². The topological polar surface area (TPSA) is 102 Å². The van der Waals surface area contributed by atoms with E-state index in [4.69, 9.17) is 4.42 Å². The number of aromatic nitrogens is 6. The first kappa shape index (κ1) is 13.7. The van der Waals surface area contributed by atoms with E-state index < -0.39 is 0 Å². The standard InChI is InChI=1S/C15H12N6O2S/c22-14-13-12(9-3-1-2-4-10(9)23-13)16-11(17-14)7-24-15-18-19-20-21(15)8-5-6-8/h1-4,8H,5-7H2,(H,16,17,22). The Hall–Kier alpha value is -2.68. The van der Waals surface area contributed by atoms with E-state index in [9.17, 15) is 4.79 Å². The second-order valence-electron chi connectivity index (χ2n) is 5.71. The molecule has 1 aliphatic rings. The highest BCUT2D eigenvalue weighted by molar-refractivity contribution is 7.98. The summed E-state index contributed by atoms with van der Waals surface area (Å²) in [6.07, 6.45) is 2.22. The van der Waals surface area contributed by atoms with Crippen LogP contribution in [0.25, 0.3) is 22.1 Å². The van der Waals surface area contributed by atoms with Crippen molar-refractivity contribution < 1.29 is 4.42 Å². The van der Waals surface area contributed by atoms with Crippen molar-refractivity contribution in [3.63, 3.8) is 0 Å². The number of aromatic amines is 1. The molecule has 3 aromatic heterocycles. The van der Waals surface area contributed by atoms with E-state index >= 15 is 0 Å². The van der Waals surface area contributed by atoms with Crippen molar-refractivity contribution in [3.05, 3.63) is 40.4 Å². The minimum absolute atomic E-state index is 0.257. The van der Waals surface area contributed by atoms with E-state index in [0.717, 1.165) is 23.4 Å². The lowest BCUT2D eigenvalue weighted by atomic mass is 10.2. The Bertz CT molecular complexity index is 1110. The monoisotopic (exact) mass is 340 g/mol. The van der Waals surface area contributed by atoms with Crippen LogP contribution in [0.5, 0.6) is 0 Å². The fourth-order valence-electron chi connectivity index (χ4n) is 2.68. The quantitative estimate of drug-likeness (QED) is 0.568. The van der Waals surface area contributed by atoms with Crippen molar-refractivity contribution in [2.75, 3.05) is 0 Å². The molecule has 0 spiro atoms. The first-order valence-corrected chi connectivity index (χ1v) is 8.59. The van der Waals surface area contributed by atoms with Crippen molar-refractivity contribution in [3.8, 4) is 0 Å². The summed E-state index contributed by atoms with van der Waals surface area (Å²) < 4.78 is 7.44. The van der Waals surface area contributed by atoms with E-state index in [1.165, 1.54) is 11.8 Å². The van der Waals surface area contributed by atoms with Crippen molar-refractivity contribution >= 4 is 33.8 Å². The zero-order valence-corrected chi connectivity index (χ0v) is 13.3. The Labute approximate surface area is 139 Å². The molecule has 0 atom stereocenters. The molecule has 24 heavy (non-hydrogen) atoms. The number of nitrogens with zero attached hydrogens (tertiary/aromatic N) is 5. The van der Waals surface area contributed by atoms with Gasteiger partial charge in [-0.15, -0.1) is 5.10 Å². The summed E-state index contributed by atoms with van der Waals surface area (Å²) in [4.78, 5) is 19.6. The largest absolute Gasteiger partial charge is 0.449 e. The Balaban J connectivity index is 1.51. The fourth-order valence-corrected chi connectivity index (χ4v) is 3.49. The van der Waals surface area contributed by atoms with Crippen LogP contribution in [0.3, 0.4) is 0 Å². The van der Waals surface area contributed by atoms with Gasteiger partial charge in [-0.05, 0) is 35.4 Å². The summed E-state index contributed by atoms with van der Waals surface area (Å²) in [5.41, 5.74) is 1.24. The number of tetrazole rings is 1. The predicted octanol–water partition coefficient (Wildman–Crippen LogP) is 2.28. The third-order valence-corrected chi connectivity index (χ3v) is 4.92. The highest BCUT2D eigenvalue weighted by Gasteiger charge is 2.28. The van der Waals surface area contributed by atoms with E-state index in [2.05, 4.69) is 25.5 Å². The van der Waals surface area contributed by atoms with Crippen LogP contribution in [-0.4, -0.2) is 30.2 Å². The zero-order valence-electron chi connectivity index (χ0n) is 12.5. The van der Waals surface area contributed by atoms with Crippen LogP contribution in [0, 0.1) is 0 Å². The maximum absolute atomic E-state index is 12.3. The molecule has 3 heterocycles. The normalized spacial score (nSPS) is 14.7. The number of hydrogen-bond acceptors (Lipinski definition) is 7. The Morgan fingerprint density at radius 2 is 2.21 bits per heavy atom. The maximum Gasteiger partial charge on any atom is 0.294 e. The van der Waals surface area contributed by atoms with Crippen LogP contribution < -0.4 is 5.56 Å². The van der Waals surface area contributed by atoms with Crippen molar-refractivity contribution in [2.45, 2.75) is 29.8 Å². The lowest BCUT2D eigenvalue weighted by Gasteiger charge is -2.02. The van der Waals surface area contributed by atoms with Crippen LogP contribution in [0.2, 0.25) is 0 Å². The Kier molecular flexibility index (Phi) is 2.96. The number of thioether (sulfide) groups is 1. The van der Waals surface area contributed by atoms with Crippen LogP contribution in [-0.2, 0) is 5.75 Å². The SMILES string of the molecule is O=c1[nH]c(CSc2nnnn2C2CC2)nc2c1oc1ccccc12. The summed E-state index contributed by atoms with van der Waals surface area (Å²) in [6, 6.07) is 7.91. The molecule has 0 amide bonds. The summed E-state index contributed by atoms with van der Waals surface area (Å²) in [6.45, 7) is 0. The molecule has 0 saturated heterocycles. The molecular formula is C15H12N6O2S. The summed E-state index contributed by atoms with van der Waals surface area (Å²) in [5, 5.41) is 13.4. The fraction of sp³-hybridized carbons (Fsp3) is 0.267. The number of para-hydroxylation sites is 1. The van der Waals surface area contributed by atoms with Gasteiger partial charge in [0.05, 0.1) is 11.8 Å². The van der Waals surface area contributed by atoms with Crippen molar-refractivity contribution in [1.82, 2.24) is 30.2 Å². The molecule has 0 bridgehead atoms. The Morgan fingerprint density at radius 1 is 1.33 bits per heavy atom. The van der Waals surface area contributed by atoms with Gasteiger partial charge in [-0.1, -0.05) is 23.9 Å². The second-order valence-corrected chi connectivity index (χ2v) is 6.66. The lowest BCUT2D eigenvalue weighted by Crippen LogP contribution is -2.10. The van der Waals surface area contributed by atoms with Crippen LogP contribution in [0.15, 0.2) is 38.6 Å². The number of furan rings is 1. The van der Waals surface area contributed by atoms with Gasteiger partial charge < -0.3 is 9.40 Å². The van der Waals surface area contributed by atoms with Gasteiger partial charge in [0.15, 0.2) is 0 Å². The molecule has 0 unspecified atom stereocenters.